The molecular weight excluding hydrogens is 243 g/mol. The van der Waals surface area contributed by atoms with E-state index in [4.69, 9.17) is 5.11 Å². The fourth-order valence-corrected chi connectivity index (χ4v) is 1.53. The number of carboxylic acid groups (broad SMARTS) is 1. The molecule has 1 aliphatic rings. The number of carbonyl (C=O) groups excluding carboxylic acids is 1. The van der Waals surface area contributed by atoms with Crippen molar-refractivity contribution in [3.8, 4) is 0 Å². The number of hydrogen-bond acceptors (Lipinski definition) is 3. The maximum atomic E-state index is 11.8. The Labute approximate surface area is 95.1 Å². The lowest BCUT2D eigenvalue weighted by molar-refractivity contribution is -0.162. The van der Waals surface area contributed by atoms with Gasteiger partial charge >= 0.3 is 18.2 Å². The molecule has 1 amide bonds. The predicted octanol–water partition coefficient (Wildman–Crippen LogP) is 1.48. The van der Waals surface area contributed by atoms with Gasteiger partial charge in [0.05, 0.1) is 5.41 Å². The van der Waals surface area contributed by atoms with Crippen LogP contribution in [0.3, 0.4) is 0 Å². The molecule has 0 bridgehead atoms. The molecule has 1 rings (SSSR count). The van der Waals surface area contributed by atoms with Crippen molar-refractivity contribution in [1.82, 2.24) is 4.90 Å². The van der Waals surface area contributed by atoms with Gasteiger partial charge in [0.2, 0.25) is 0 Å². The van der Waals surface area contributed by atoms with E-state index in [0.29, 0.717) is 0 Å². The Morgan fingerprint density at radius 3 is 2.47 bits per heavy atom. The summed E-state index contributed by atoms with van der Waals surface area (Å²) in [5.74, 6) is -1.08. The Kier molecular flexibility index (Phi) is 3.53. The first kappa shape index (κ1) is 13.6. The number of carboxylic acids is 1. The van der Waals surface area contributed by atoms with Crippen LogP contribution < -0.4 is 0 Å². The van der Waals surface area contributed by atoms with Gasteiger partial charge in [-0.3, -0.25) is 4.79 Å². The third-order valence-corrected chi connectivity index (χ3v) is 2.61. The lowest BCUT2D eigenvalue weighted by Crippen LogP contribution is -2.36. The minimum absolute atomic E-state index is 0.0828. The van der Waals surface area contributed by atoms with Crippen LogP contribution in [0, 0.1) is 5.41 Å². The minimum atomic E-state index is -4.58. The average Bonchev–Trinajstić information content (AvgIpc) is 2.58. The van der Waals surface area contributed by atoms with Gasteiger partial charge in [0, 0.05) is 13.1 Å². The van der Waals surface area contributed by atoms with E-state index in [1.54, 1.807) is 0 Å². The number of nitrogens with zero attached hydrogens (tertiary/aromatic N) is 1. The summed E-state index contributed by atoms with van der Waals surface area (Å²) in [6, 6.07) is 0. The van der Waals surface area contributed by atoms with Crippen molar-refractivity contribution in [3.63, 3.8) is 0 Å². The molecule has 0 aliphatic carbocycles. The Bertz CT molecular complexity index is 331. The highest BCUT2D eigenvalue weighted by molar-refractivity contribution is 5.77. The number of alkyl halides is 3. The number of aliphatic carboxylic acids is 1. The van der Waals surface area contributed by atoms with Gasteiger partial charge in [0.25, 0.3) is 0 Å². The highest BCUT2D eigenvalue weighted by atomic mass is 19.4. The van der Waals surface area contributed by atoms with E-state index in [-0.39, 0.29) is 19.5 Å². The topological polar surface area (TPSA) is 66.8 Å². The van der Waals surface area contributed by atoms with Crippen molar-refractivity contribution in [2.24, 2.45) is 5.41 Å². The number of hydrogen-bond donors (Lipinski definition) is 1. The zero-order chi connectivity index (χ0) is 13.3. The van der Waals surface area contributed by atoms with Gasteiger partial charge in [-0.15, -0.1) is 0 Å². The number of carbonyl (C=O) groups is 2. The first-order valence-corrected chi connectivity index (χ1v) is 4.86. The molecule has 0 radical (unpaired) electrons. The number of likely N-dealkylation sites (tertiary alicyclic amines) is 1. The molecule has 0 aromatic carbocycles. The maximum absolute atomic E-state index is 11.8. The maximum Gasteiger partial charge on any atom is 0.422 e. The Hall–Kier alpha value is -1.47. The SMILES string of the molecule is CC1(C(=O)O)CCN(C(=O)OCC(F)(F)F)C1. The average molecular weight is 255 g/mol. The van der Waals surface area contributed by atoms with Crippen LogP contribution in [-0.4, -0.2) is 47.9 Å². The largest absolute Gasteiger partial charge is 0.481 e. The molecule has 98 valence electrons. The van der Waals surface area contributed by atoms with Crippen LogP contribution in [-0.2, 0) is 9.53 Å². The Morgan fingerprint density at radius 1 is 1.47 bits per heavy atom. The van der Waals surface area contributed by atoms with Crippen molar-refractivity contribution in [2.45, 2.75) is 19.5 Å². The Morgan fingerprint density at radius 2 is 2.06 bits per heavy atom. The normalized spacial score (nSPS) is 24.8. The van der Waals surface area contributed by atoms with Crippen LogP contribution in [0.15, 0.2) is 0 Å². The standard InChI is InChI=1S/C9H12F3NO4/c1-8(6(14)15)2-3-13(4-8)7(16)17-5-9(10,11)12/h2-5H2,1H3,(H,14,15). The summed E-state index contributed by atoms with van der Waals surface area (Å²) in [7, 11) is 0. The second kappa shape index (κ2) is 4.42. The van der Waals surface area contributed by atoms with Crippen LogP contribution in [0.25, 0.3) is 0 Å². The highest BCUT2D eigenvalue weighted by Gasteiger charge is 2.43. The molecule has 1 N–H and O–H groups in total. The lowest BCUT2D eigenvalue weighted by atomic mass is 9.90. The number of amides is 1. The van der Waals surface area contributed by atoms with E-state index >= 15 is 0 Å². The molecule has 1 unspecified atom stereocenters. The summed E-state index contributed by atoms with van der Waals surface area (Å²) in [4.78, 5) is 23.0. The zero-order valence-corrected chi connectivity index (χ0v) is 9.08. The fraction of sp³-hybridized carbons (Fsp3) is 0.778. The molecule has 8 heteroatoms. The summed E-state index contributed by atoms with van der Waals surface area (Å²) in [5, 5.41) is 8.87. The summed E-state index contributed by atoms with van der Waals surface area (Å²) >= 11 is 0. The second-order valence-corrected chi connectivity index (χ2v) is 4.21. The molecule has 1 heterocycles. The molecule has 1 aliphatic heterocycles. The van der Waals surface area contributed by atoms with E-state index in [1.807, 2.05) is 0 Å². The predicted molar refractivity (Wildman–Crippen MR) is 49.3 cm³/mol. The van der Waals surface area contributed by atoms with Gasteiger partial charge in [-0.05, 0) is 13.3 Å². The van der Waals surface area contributed by atoms with Crippen LogP contribution in [0.5, 0.6) is 0 Å². The molecule has 17 heavy (non-hydrogen) atoms. The number of rotatable bonds is 2. The van der Waals surface area contributed by atoms with Gasteiger partial charge in [0.1, 0.15) is 0 Å². The van der Waals surface area contributed by atoms with E-state index < -0.39 is 30.3 Å². The molecule has 0 aromatic heterocycles. The van der Waals surface area contributed by atoms with Gasteiger partial charge in [-0.2, -0.15) is 13.2 Å². The summed E-state index contributed by atoms with van der Waals surface area (Å²) < 4.78 is 39.4. The van der Waals surface area contributed by atoms with Crippen molar-refractivity contribution in [2.75, 3.05) is 19.7 Å². The van der Waals surface area contributed by atoms with Crippen LogP contribution in [0.1, 0.15) is 13.3 Å². The van der Waals surface area contributed by atoms with Gasteiger partial charge in [-0.25, -0.2) is 4.79 Å². The minimum Gasteiger partial charge on any atom is -0.481 e. The zero-order valence-electron chi connectivity index (χ0n) is 9.08. The van der Waals surface area contributed by atoms with Crippen LogP contribution in [0.4, 0.5) is 18.0 Å². The molecule has 0 saturated carbocycles. The summed E-state index contributed by atoms with van der Waals surface area (Å²) in [5.41, 5.74) is -1.11. The van der Waals surface area contributed by atoms with E-state index in [2.05, 4.69) is 4.74 Å². The molecule has 5 nitrogen and oxygen atoms in total. The summed E-state index contributed by atoms with van der Waals surface area (Å²) in [6.07, 6.45) is -5.51. The number of ether oxygens (including phenoxy) is 1. The third kappa shape index (κ3) is 3.50. The third-order valence-electron chi connectivity index (χ3n) is 2.61. The molecular formula is C9H12F3NO4. The molecule has 1 atom stereocenters. The van der Waals surface area contributed by atoms with Crippen molar-refractivity contribution >= 4 is 12.1 Å². The molecule has 0 aromatic rings. The summed E-state index contributed by atoms with van der Waals surface area (Å²) in [6.45, 7) is -0.281. The second-order valence-electron chi connectivity index (χ2n) is 4.21. The van der Waals surface area contributed by atoms with E-state index in [1.165, 1.54) is 6.92 Å². The van der Waals surface area contributed by atoms with Gasteiger partial charge in [0.15, 0.2) is 6.61 Å². The van der Waals surface area contributed by atoms with E-state index in [0.717, 1.165) is 4.90 Å². The van der Waals surface area contributed by atoms with Crippen LogP contribution in [0.2, 0.25) is 0 Å². The van der Waals surface area contributed by atoms with Gasteiger partial charge in [-0.1, -0.05) is 0 Å². The fourth-order valence-electron chi connectivity index (χ4n) is 1.53. The number of halogens is 3. The molecule has 1 saturated heterocycles. The van der Waals surface area contributed by atoms with Crippen LogP contribution >= 0.6 is 0 Å². The van der Waals surface area contributed by atoms with Crippen molar-refractivity contribution in [3.05, 3.63) is 0 Å². The first-order valence-electron chi connectivity index (χ1n) is 4.86. The molecule has 0 spiro atoms. The first-order chi connectivity index (χ1) is 7.64. The quantitative estimate of drug-likeness (QED) is 0.811. The molecule has 1 fully saturated rings. The van der Waals surface area contributed by atoms with Crippen molar-refractivity contribution < 1.29 is 32.6 Å². The van der Waals surface area contributed by atoms with E-state index in [9.17, 15) is 22.8 Å². The van der Waals surface area contributed by atoms with Crippen molar-refractivity contribution in [1.29, 1.82) is 0 Å². The Balaban J connectivity index is 2.49. The highest BCUT2D eigenvalue weighted by Crippen LogP contribution is 2.30. The van der Waals surface area contributed by atoms with Gasteiger partial charge < -0.3 is 14.7 Å². The lowest BCUT2D eigenvalue weighted by Gasteiger charge is -2.20. The monoisotopic (exact) mass is 255 g/mol. The smallest absolute Gasteiger partial charge is 0.422 e.